The van der Waals surface area contributed by atoms with Gasteiger partial charge in [-0.1, -0.05) is 36.4 Å². The van der Waals surface area contributed by atoms with Crippen molar-refractivity contribution in [3.05, 3.63) is 53.6 Å². The average molecular weight is 275 g/mol. The number of benzene rings is 2. The van der Waals surface area contributed by atoms with Gasteiger partial charge in [-0.3, -0.25) is 0 Å². The second-order valence-corrected chi connectivity index (χ2v) is 4.33. The summed E-state index contributed by atoms with van der Waals surface area (Å²) in [6.45, 7) is 0. The van der Waals surface area contributed by atoms with Crippen LogP contribution in [0, 0.1) is 0 Å². The van der Waals surface area contributed by atoms with E-state index in [1.54, 1.807) is 0 Å². The third kappa shape index (κ3) is 1.45. The molecule has 0 fully saturated rings. The lowest BCUT2D eigenvalue weighted by Gasteiger charge is -2.07. The van der Waals surface area contributed by atoms with E-state index in [-0.39, 0.29) is 0 Å². The molecule has 0 saturated carbocycles. The third-order valence-electron chi connectivity index (χ3n) is 3.02. The van der Waals surface area contributed by atoms with Crippen LogP contribution in [0.25, 0.3) is 11.1 Å². The SMILES string of the molecule is BrCOc1cccc2c1Cc1ccccc1-2. The van der Waals surface area contributed by atoms with E-state index in [4.69, 9.17) is 4.74 Å². The summed E-state index contributed by atoms with van der Waals surface area (Å²) in [4.78, 5) is 0. The van der Waals surface area contributed by atoms with Crippen molar-refractivity contribution in [1.82, 2.24) is 0 Å². The molecule has 0 aliphatic heterocycles. The van der Waals surface area contributed by atoms with Crippen LogP contribution in [0.2, 0.25) is 0 Å². The van der Waals surface area contributed by atoms with Gasteiger partial charge in [-0.15, -0.1) is 0 Å². The first-order chi connectivity index (χ1) is 7.90. The van der Waals surface area contributed by atoms with Gasteiger partial charge in [-0.05, 0) is 38.7 Å². The zero-order chi connectivity index (χ0) is 11.0. The van der Waals surface area contributed by atoms with Gasteiger partial charge in [0.05, 0.1) is 0 Å². The Morgan fingerprint density at radius 2 is 1.81 bits per heavy atom. The first kappa shape index (κ1) is 9.91. The summed E-state index contributed by atoms with van der Waals surface area (Å²) >= 11 is 3.31. The Kier molecular flexibility index (Phi) is 2.44. The molecule has 0 amide bonds. The predicted molar refractivity (Wildman–Crippen MR) is 69.1 cm³/mol. The van der Waals surface area contributed by atoms with Crippen molar-refractivity contribution in [2.75, 3.05) is 5.52 Å². The van der Waals surface area contributed by atoms with Crippen LogP contribution in [0.1, 0.15) is 11.1 Å². The minimum absolute atomic E-state index is 0.541. The molecule has 0 heterocycles. The molecule has 0 unspecified atom stereocenters. The normalized spacial score (nSPS) is 12.1. The number of hydrogen-bond donors (Lipinski definition) is 0. The lowest BCUT2D eigenvalue weighted by atomic mass is 10.1. The quantitative estimate of drug-likeness (QED) is 0.642. The van der Waals surface area contributed by atoms with Gasteiger partial charge >= 0.3 is 0 Å². The smallest absolute Gasteiger partial charge is 0.143 e. The Bertz CT molecular complexity index is 534. The molecule has 1 aliphatic carbocycles. The topological polar surface area (TPSA) is 9.23 Å². The zero-order valence-electron chi connectivity index (χ0n) is 8.74. The first-order valence-corrected chi connectivity index (χ1v) is 6.41. The van der Waals surface area contributed by atoms with Crippen LogP contribution in [0.5, 0.6) is 5.75 Å². The maximum Gasteiger partial charge on any atom is 0.143 e. The molecule has 0 atom stereocenters. The highest BCUT2D eigenvalue weighted by atomic mass is 79.9. The van der Waals surface area contributed by atoms with Gasteiger partial charge in [-0.25, -0.2) is 0 Å². The van der Waals surface area contributed by atoms with Crippen molar-refractivity contribution < 1.29 is 4.74 Å². The summed E-state index contributed by atoms with van der Waals surface area (Å²) in [6.07, 6.45) is 0.981. The molecule has 1 aliphatic rings. The Hall–Kier alpha value is -1.28. The van der Waals surface area contributed by atoms with Crippen molar-refractivity contribution in [3.8, 4) is 16.9 Å². The Morgan fingerprint density at radius 3 is 2.69 bits per heavy atom. The number of rotatable bonds is 2. The average Bonchev–Trinajstić information content (AvgIpc) is 2.69. The van der Waals surface area contributed by atoms with Gasteiger partial charge in [0.2, 0.25) is 0 Å². The number of hydrogen-bond acceptors (Lipinski definition) is 1. The summed E-state index contributed by atoms with van der Waals surface area (Å²) in [5.74, 6) is 0.991. The van der Waals surface area contributed by atoms with Crippen molar-refractivity contribution in [2.24, 2.45) is 0 Å². The van der Waals surface area contributed by atoms with Gasteiger partial charge in [0, 0.05) is 12.0 Å². The largest absolute Gasteiger partial charge is 0.482 e. The second kappa shape index (κ2) is 3.95. The zero-order valence-corrected chi connectivity index (χ0v) is 10.3. The van der Waals surface area contributed by atoms with E-state index in [0.717, 1.165) is 12.2 Å². The summed E-state index contributed by atoms with van der Waals surface area (Å²) < 4.78 is 5.60. The predicted octanol–water partition coefficient (Wildman–Crippen LogP) is 3.99. The van der Waals surface area contributed by atoms with Gasteiger partial charge in [0.1, 0.15) is 11.3 Å². The summed E-state index contributed by atoms with van der Waals surface area (Å²) in [7, 11) is 0. The maximum atomic E-state index is 5.60. The molecule has 2 aromatic rings. The van der Waals surface area contributed by atoms with E-state index >= 15 is 0 Å². The van der Waals surface area contributed by atoms with Gasteiger partial charge in [0.25, 0.3) is 0 Å². The van der Waals surface area contributed by atoms with E-state index in [1.165, 1.54) is 22.3 Å². The maximum absolute atomic E-state index is 5.60. The molecule has 0 radical (unpaired) electrons. The van der Waals surface area contributed by atoms with E-state index in [1.807, 2.05) is 6.07 Å². The van der Waals surface area contributed by atoms with Crippen LogP contribution in [-0.4, -0.2) is 5.52 Å². The van der Waals surface area contributed by atoms with Crippen LogP contribution in [0.3, 0.4) is 0 Å². The minimum Gasteiger partial charge on any atom is -0.482 e. The highest BCUT2D eigenvalue weighted by Crippen LogP contribution is 2.40. The second-order valence-electron chi connectivity index (χ2n) is 3.87. The fourth-order valence-corrected chi connectivity index (χ4v) is 2.57. The van der Waals surface area contributed by atoms with Crippen LogP contribution in [0.15, 0.2) is 42.5 Å². The van der Waals surface area contributed by atoms with Crippen LogP contribution >= 0.6 is 15.9 Å². The molecule has 0 aromatic heterocycles. The van der Waals surface area contributed by atoms with Crippen molar-refractivity contribution in [2.45, 2.75) is 6.42 Å². The number of fused-ring (bicyclic) bond motifs is 3. The lowest BCUT2D eigenvalue weighted by molar-refractivity contribution is 0.394. The molecule has 0 saturated heterocycles. The van der Waals surface area contributed by atoms with Gasteiger partial charge < -0.3 is 4.74 Å². The lowest BCUT2D eigenvalue weighted by Crippen LogP contribution is -1.93. The van der Waals surface area contributed by atoms with Crippen molar-refractivity contribution in [1.29, 1.82) is 0 Å². The molecule has 3 rings (SSSR count). The van der Waals surface area contributed by atoms with Crippen LogP contribution < -0.4 is 4.74 Å². The van der Waals surface area contributed by atoms with E-state index in [9.17, 15) is 0 Å². The Labute approximate surface area is 103 Å². The molecule has 2 heteroatoms. The monoisotopic (exact) mass is 274 g/mol. The first-order valence-electron chi connectivity index (χ1n) is 5.29. The van der Waals surface area contributed by atoms with Crippen molar-refractivity contribution in [3.63, 3.8) is 0 Å². The Balaban J connectivity index is 2.16. The number of ether oxygens (including phenoxy) is 1. The summed E-state index contributed by atoms with van der Waals surface area (Å²) in [6, 6.07) is 14.8. The van der Waals surface area contributed by atoms with E-state index in [2.05, 4.69) is 52.3 Å². The molecule has 0 N–H and O–H groups in total. The molecular formula is C14H11BrO. The van der Waals surface area contributed by atoms with Gasteiger partial charge in [-0.2, -0.15) is 0 Å². The fraction of sp³-hybridized carbons (Fsp3) is 0.143. The highest BCUT2D eigenvalue weighted by molar-refractivity contribution is 9.09. The van der Waals surface area contributed by atoms with Crippen LogP contribution in [0.4, 0.5) is 0 Å². The van der Waals surface area contributed by atoms with Gasteiger partial charge in [0.15, 0.2) is 0 Å². The molecule has 0 spiro atoms. The summed E-state index contributed by atoms with van der Waals surface area (Å²) in [5, 5.41) is 0. The standard InChI is InChI=1S/C14H11BrO/c15-9-16-14-7-3-6-12-11-5-2-1-4-10(11)8-13(12)14/h1-7H,8-9H2. The Morgan fingerprint density at radius 1 is 1.00 bits per heavy atom. The number of halogens is 1. The molecule has 16 heavy (non-hydrogen) atoms. The van der Waals surface area contributed by atoms with Crippen LogP contribution in [-0.2, 0) is 6.42 Å². The third-order valence-corrected chi connectivity index (χ3v) is 3.25. The molecule has 80 valence electrons. The van der Waals surface area contributed by atoms with E-state index in [0.29, 0.717) is 5.52 Å². The fourth-order valence-electron chi connectivity index (χ4n) is 2.32. The highest BCUT2D eigenvalue weighted by Gasteiger charge is 2.20. The minimum atomic E-state index is 0.541. The molecule has 1 nitrogen and oxygen atoms in total. The molecule has 0 bridgehead atoms. The van der Waals surface area contributed by atoms with Crippen molar-refractivity contribution >= 4 is 15.9 Å². The van der Waals surface area contributed by atoms with E-state index < -0.39 is 0 Å². The molecular weight excluding hydrogens is 264 g/mol. The summed E-state index contributed by atoms with van der Waals surface area (Å²) in [5.41, 5.74) is 5.90. The molecule has 2 aromatic carbocycles. The number of alkyl halides is 1.